The molecule has 0 atom stereocenters. The number of rotatable bonds is 8. The van der Waals surface area contributed by atoms with E-state index in [1.807, 2.05) is 20.8 Å². The maximum atomic E-state index is 11.5. The summed E-state index contributed by atoms with van der Waals surface area (Å²) < 4.78 is 25.6. The van der Waals surface area contributed by atoms with Gasteiger partial charge in [-0.1, -0.05) is 27.2 Å². The van der Waals surface area contributed by atoms with Gasteiger partial charge in [0.05, 0.1) is 5.75 Å². The molecule has 0 saturated heterocycles. The lowest BCUT2D eigenvalue weighted by Crippen LogP contribution is -2.49. The van der Waals surface area contributed by atoms with Crippen molar-refractivity contribution < 1.29 is 8.42 Å². The van der Waals surface area contributed by atoms with Crippen molar-refractivity contribution in [2.24, 2.45) is 5.73 Å². The molecule has 0 aliphatic rings. The third-order valence-electron chi connectivity index (χ3n) is 2.82. The largest absolute Gasteiger partial charge is 0.324 e. The summed E-state index contributed by atoms with van der Waals surface area (Å²) in [6.07, 6.45) is 3.14. The van der Waals surface area contributed by atoms with Crippen LogP contribution in [-0.2, 0) is 10.0 Å². The first-order valence-corrected chi connectivity index (χ1v) is 7.30. The average Bonchev–Trinajstić information content (AvgIpc) is 2.23. The number of hydrogen-bond acceptors (Lipinski definition) is 3. The lowest BCUT2D eigenvalue weighted by Gasteiger charge is -2.26. The second kappa shape index (κ2) is 6.45. The zero-order valence-corrected chi connectivity index (χ0v) is 10.9. The molecule has 0 aromatic heterocycles. The number of sulfonamides is 1. The van der Waals surface area contributed by atoms with E-state index in [0.29, 0.717) is 13.0 Å². The van der Waals surface area contributed by atoms with E-state index >= 15 is 0 Å². The number of unbranched alkanes of at least 4 members (excludes halogenated alkanes) is 1. The second-order valence-electron chi connectivity index (χ2n) is 4.06. The molecule has 3 N–H and O–H groups in total. The quantitative estimate of drug-likeness (QED) is 0.665. The SMILES string of the molecule is CCCCS(=O)(=O)NCC(N)(CC)CC. The summed E-state index contributed by atoms with van der Waals surface area (Å²) in [5.74, 6) is 0.201. The van der Waals surface area contributed by atoms with Crippen molar-refractivity contribution in [2.75, 3.05) is 12.3 Å². The summed E-state index contributed by atoms with van der Waals surface area (Å²) in [7, 11) is -3.13. The summed E-state index contributed by atoms with van der Waals surface area (Å²) in [6, 6.07) is 0. The first kappa shape index (κ1) is 14.9. The minimum absolute atomic E-state index is 0.201. The van der Waals surface area contributed by atoms with Crippen molar-refractivity contribution in [3.05, 3.63) is 0 Å². The van der Waals surface area contributed by atoms with Crippen molar-refractivity contribution in [1.29, 1.82) is 0 Å². The number of hydrogen-bond donors (Lipinski definition) is 2. The Morgan fingerprint density at radius 2 is 1.73 bits per heavy atom. The van der Waals surface area contributed by atoms with E-state index in [4.69, 9.17) is 5.73 Å². The number of nitrogens with one attached hydrogen (secondary N) is 1. The second-order valence-corrected chi connectivity index (χ2v) is 5.99. The molecule has 0 radical (unpaired) electrons. The van der Waals surface area contributed by atoms with Crippen LogP contribution >= 0.6 is 0 Å². The fourth-order valence-corrected chi connectivity index (χ4v) is 2.48. The Balaban J connectivity index is 4.13. The van der Waals surface area contributed by atoms with Gasteiger partial charge in [-0.15, -0.1) is 0 Å². The van der Waals surface area contributed by atoms with Gasteiger partial charge in [-0.2, -0.15) is 0 Å². The van der Waals surface area contributed by atoms with Gasteiger partial charge >= 0.3 is 0 Å². The Morgan fingerprint density at radius 1 is 1.20 bits per heavy atom. The monoisotopic (exact) mass is 236 g/mol. The highest BCUT2D eigenvalue weighted by atomic mass is 32.2. The van der Waals surface area contributed by atoms with Gasteiger partial charge in [0.25, 0.3) is 0 Å². The molecule has 0 aromatic rings. The fourth-order valence-electron chi connectivity index (χ4n) is 1.16. The van der Waals surface area contributed by atoms with E-state index < -0.39 is 15.6 Å². The standard InChI is InChI=1S/C10H24N2O2S/c1-4-7-8-15(13,14)12-9-10(11,5-2)6-3/h12H,4-9,11H2,1-3H3. The van der Waals surface area contributed by atoms with Crippen LogP contribution in [0.3, 0.4) is 0 Å². The summed E-state index contributed by atoms with van der Waals surface area (Å²) in [6.45, 7) is 6.26. The van der Waals surface area contributed by atoms with Gasteiger partial charge in [-0.25, -0.2) is 13.1 Å². The van der Waals surface area contributed by atoms with Gasteiger partial charge in [-0.05, 0) is 19.3 Å². The molecular weight excluding hydrogens is 212 g/mol. The molecule has 0 spiro atoms. The van der Waals surface area contributed by atoms with Crippen LogP contribution < -0.4 is 10.5 Å². The molecule has 5 heteroatoms. The van der Waals surface area contributed by atoms with Crippen LogP contribution in [0, 0.1) is 0 Å². The molecule has 92 valence electrons. The first-order chi connectivity index (χ1) is 6.89. The highest BCUT2D eigenvalue weighted by Gasteiger charge is 2.22. The Hall–Kier alpha value is -0.130. The van der Waals surface area contributed by atoms with Crippen molar-refractivity contribution in [1.82, 2.24) is 4.72 Å². The predicted octanol–water partition coefficient (Wildman–Crippen LogP) is 1.22. The van der Waals surface area contributed by atoms with Crippen LogP contribution in [0.1, 0.15) is 46.5 Å². The maximum absolute atomic E-state index is 11.5. The average molecular weight is 236 g/mol. The van der Waals surface area contributed by atoms with Crippen LogP contribution in [0.4, 0.5) is 0 Å². The maximum Gasteiger partial charge on any atom is 0.211 e. The van der Waals surface area contributed by atoms with Gasteiger partial charge < -0.3 is 5.73 Å². The first-order valence-electron chi connectivity index (χ1n) is 5.65. The van der Waals surface area contributed by atoms with E-state index in [0.717, 1.165) is 19.3 Å². The summed E-state index contributed by atoms with van der Waals surface area (Å²) in [5.41, 5.74) is 5.60. The van der Waals surface area contributed by atoms with Gasteiger partial charge in [0.2, 0.25) is 10.0 Å². The zero-order chi connectivity index (χ0) is 11.9. The Morgan fingerprint density at radius 3 is 2.13 bits per heavy atom. The summed E-state index contributed by atoms with van der Waals surface area (Å²) in [4.78, 5) is 0. The van der Waals surface area contributed by atoms with Crippen LogP contribution in [0.15, 0.2) is 0 Å². The van der Waals surface area contributed by atoms with Crippen molar-refractivity contribution >= 4 is 10.0 Å². The van der Waals surface area contributed by atoms with Gasteiger partial charge in [0.1, 0.15) is 0 Å². The topological polar surface area (TPSA) is 72.2 Å². The third kappa shape index (κ3) is 6.12. The normalized spacial score (nSPS) is 13.1. The number of nitrogens with two attached hydrogens (primary N) is 1. The van der Waals surface area contributed by atoms with Crippen LogP contribution in [0.5, 0.6) is 0 Å². The third-order valence-corrected chi connectivity index (χ3v) is 4.23. The lowest BCUT2D eigenvalue weighted by atomic mass is 9.95. The molecule has 0 fully saturated rings. The van der Waals surface area contributed by atoms with Crippen LogP contribution in [-0.4, -0.2) is 26.3 Å². The fraction of sp³-hybridized carbons (Fsp3) is 1.00. The molecule has 4 nitrogen and oxygen atoms in total. The zero-order valence-electron chi connectivity index (χ0n) is 10.0. The molecule has 0 aliphatic heterocycles. The molecule has 15 heavy (non-hydrogen) atoms. The molecule has 0 rings (SSSR count). The minimum atomic E-state index is -3.13. The Kier molecular flexibility index (Phi) is 6.40. The van der Waals surface area contributed by atoms with Crippen molar-refractivity contribution in [2.45, 2.75) is 52.0 Å². The van der Waals surface area contributed by atoms with E-state index in [9.17, 15) is 8.42 Å². The molecule has 0 bridgehead atoms. The summed E-state index contributed by atoms with van der Waals surface area (Å²) in [5, 5.41) is 0. The molecule has 0 saturated carbocycles. The van der Waals surface area contributed by atoms with E-state index in [-0.39, 0.29) is 5.75 Å². The molecule has 0 aliphatic carbocycles. The van der Waals surface area contributed by atoms with E-state index in [1.54, 1.807) is 0 Å². The molecule has 0 unspecified atom stereocenters. The minimum Gasteiger partial charge on any atom is -0.324 e. The smallest absolute Gasteiger partial charge is 0.211 e. The predicted molar refractivity (Wildman–Crippen MR) is 64.2 cm³/mol. The van der Waals surface area contributed by atoms with Crippen molar-refractivity contribution in [3.63, 3.8) is 0 Å². The Bertz CT molecular complexity index is 259. The van der Waals surface area contributed by atoms with Crippen LogP contribution in [0.25, 0.3) is 0 Å². The Labute approximate surface area is 93.7 Å². The van der Waals surface area contributed by atoms with E-state index in [2.05, 4.69) is 4.72 Å². The van der Waals surface area contributed by atoms with Crippen molar-refractivity contribution in [3.8, 4) is 0 Å². The highest BCUT2D eigenvalue weighted by molar-refractivity contribution is 7.89. The molecular formula is C10H24N2O2S. The van der Waals surface area contributed by atoms with Gasteiger partial charge in [0, 0.05) is 12.1 Å². The summed E-state index contributed by atoms with van der Waals surface area (Å²) >= 11 is 0. The molecule has 0 heterocycles. The van der Waals surface area contributed by atoms with Gasteiger partial charge in [-0.3, -0.25) is 0 Å². The van der Waals surface area contributed by atoms with Gasteiger partial charge in [0.15, 0.2) is 0 Å². The van der Waals surface area contributed by atoms with E-state index in [1.165, 1.54) is 0 Å². The molecule has 0 amide bonds. The van der Waals surface area contributed by atoms with Crippen LogP contribution in [0.2, 0.25) is 0 Å². The lowest BCUT2D eigenvalue weighted by molar-refractivity contribution is 0.391. The highest BCUT2D eigenvalue weighted by Crippen LogP contribution is 2.10. The molecule has 0 aromatic carbocycles.